The molecule has 0 aromatic heterocycles. The predicted molar refractivity (Wildman–Crippen MR) is 61.3 cm³/mol. The molecule has 0 aromatic carbocycles. The van der Waals surface area contributed by atoms with Crippen LogP contribution in [0.2, 0.25) is 0 Å². The minimum absolute atomic E-state index is 0.244. The fourth-order valence-corrected chi connectivity index (χ4v) is 2.33. The zero-order chi connectivity index (χ0) is 12.8. The normalized spacial score (nSPS) is 19.9. The highest BCUT2D eigenvalue weighted by Gasteiger charge is 2.25. The van der Waals surface area contributed by atoms with E-state index < -0.39 is 18.7 Å². The fourth-order valence-electron chi connectivity index (χ4n) is 2.33. The highest BCUT2D eigenvalue weighted by Crippen LogP contribution is 2.30. The molecule has 5 heteroatoms. The molecule has 2 atom stereocenters. The number of rotatable bonds is 6. The monoisotopic (exact) mass is 245 g/mol. The lowest BCUT2D eigenvalue weighted by molar-refractivity contribution is -0.142. The molecule has 0 aliphatic heterocycles. The summed E-state index contributed by atoms with van der Waals surface area (Å²) >= 11 is 0. The Hall–Kier alpha value is -1.13. The van der Waals surface area contributed by atoms with E-state index in [0.717, 1.165) is 19.3 Å². The van der Waals surface area contributed by atoms with Crippen LogP contribution in [0.15, 0.2) is 0 Å². The Morgan fingerprint density at radius 1 is 1.41 bits per heavy atom. The summed E-state index contributed by atoms with van der Waals surface area (Å²) in [6.45, 7) is 0.696. The molecule has 98 valence electrons. The van der Waals surface area contributed by atoms with Crippen molar-refractivity contribution >= 4 is 11.9 Å². The van der Waals surface area contributed by atoms with Crippen molar-refractivity contribution in [2.45, 2.75) is 45.1 Å². The zero-order valence-corrected chi connectivity index (χ0v) is 10.1. The average molecular weight is 245 g/mol. The van der Waals surface area contributed by atoms with E-state index in [4.69, 9.17) is 5.11 Å². The minimum atomic E-state index is -1.41. The van der Waals surface area contributed by atoms with Gasteiger partial charge in [-0.05, 0) is 12.3 Å². The molecule has 0 aromatic rings. The van der Waals surface area contributed by atoms with Gasteiger partial charge in [0.25, 0.3) is 0 Å². The van der Waals surface area contributed by atoms with Gasteiger partial charge in [-0.25, -0.2) is 9.18 Å². The molecule has 0 spiro atoms. The number of nitrogens with one attached hydrogen (secondary N) is 1. The van der Waals surface area contributed by atoms with E-state index in [1.807, 2.05) is 0 Å². The molecule has 1 aliphatic carbocycles. The molecule has 1 fully saturated rings. The Labute approximate surface area is 101 Å². The molecule has 0 bridgehead atoms. The van der Waals surface area contributed by atoms with E-state index >= 15 is 0 Å². The van der Waals surface area contributed by atoms with Gasteiger partial charge in [-0.1, -0.05) is 32.6 Å². The second-order valence-electron chi connectivity index (χ2n) is 4.84. The van der Waals surface area contributed by atoms with E-state index in [1.54, 1.807) is 6.92 Å². The van der Waals surface area contributed by atoms with Crippen molar-refractivity contribution in [3.63, 3.8) is 0 Å². The molecule has 1 aliphatic rings. The number of carboxylic acid groups (broad SMARTS) is 1. The number of alkyl halides is 1. The highest BCUT2D eigenvalue weighted by atomic mass is 19.1. The Balaban J connectivity index is 2.37. The van der Waals surface area contributed by atoms with E-state index in [1.165, 1.54) is 12.8 Å². The molecule has 0 heterocycles. The quantitative estimate of drug-likeness (QED) is 0.749. The second kappa shape index (κ2) is 6.57. The molecule has 0 radical (unpaired) electrons. The van der Waals surface area contributed by atoms with Crippen LogP contribution < -0.4 is 5.32 Å². The average Bonchev–Trinajstić information content (AvgIpc) is 2.77. The summed E-state index contributed by atoms with van der Waals surface area (Å²) in [6, 6.07) is -1.41. The van der Waals surface area contributed by atoms with Gasteiger partial charge < -0.3 is 10.4 Å². The van der Waals surface area contributed by atoms with Crippen LogP contribution >= 0.6 is 0 Å². The Bertz CT molecular complexity index is 277. The first kappa shape index (κ1) is 13.9. The first-order valence-corrected chi connectivity index (χ1v) is 6.13. The topological polar surface area (TPSA) is 66.4 Å². The Morgan fingerprint density at radius 2 is 2.00 bits per heavy atom. The molecule has 1 amide bonds. The molecule has 17 heavy (non-hydrogen) atoms. The SMILES string of the molecule is CC(CC1CCCC1)C(=O)NC(CF)C(=O)O. The number of amides is 1. The summed E-state index contributed by atoms with van der Waals surface area (Å²) in [5.74, 6) is -1.37. The molecule has 1 rings (SSSR count). The first-order valence-electron chi connectivity index (χ1n) is 6.13. The minimum Gasteiger partial charge on any atom is -0.480 e. The Morgan fingerprint density at radius 3 is 2.47 bits per heavy atom. The van der Waals surface area contributed by atoms with E-state index in [-0.39, 0.29) is 11.8 Å². The largest absolute Gasteiger partial charge is 0.480 e. The maximum atomic E-state index is 12.3. The highest BCUT2D eigenvalue weighted by molar-refractivity contribution is 5.84. The summed E-state index contributed by atoms with van der Waals surface area (Å²) in [5, 5.41) is 10.9. The third-order valence-electron chi connectivity index (χ3n) is 3.38. The number of aliphatic carboxylic acids is 1. The summed E-state index contributed by atoms with van der Waals surface area (Å²) in [4.78, 5) is 22.2. The first-order chi connectivity index (χ1) is 8.04. The third kappa shape index (κ3) is 4.32. The van der Waals surface area contributed by atoms with Crippen LogP contribution in [0.25, 0.3) is 0 Å². The van der Waals surface area contributed by atoms with Crippen molar-refractivity contribution in [3.8, 4) is 0 Å². The third-order valence-corrected chi connectivity index (χ3v) is 3.38. The maximum absolute atomic E-state index is 12.3. The maximum Gasteiger partial charge on any atom is 0.328 e. The Kier molecular flexibility index (Phi) is 5.38. The lowest BCUT2D eigenvalue weighted by Gasteiger charge is -2.18. The number of carbonyl (C=O) groups is 2. The van der Waals surface area contributed by atoms with Crippen LogP contribution in [0.4, 0.5) is 4.39 Å². The molecule has 2 unspecified atom stereocenters. The number of carbonyl (C=O) groups excluding carboxylic acids is 1. The van der Waals surface area contributed by atoms with Crippen molar-refractivity contribution in [3.05, 3.63) is 0 Å². The summed E-state index contributed by atoms with van der Waals surface area (Å²) in [5.41, 5.74) is 0. The lowest BCUT2D eigenvalue weighted by Crippen LogP contribution is -2.44. The van der Waals surface area contributed by atoms with Gasteiger partial charge >= 0.3 is 5.97 Å². The van der Waals surface area contributed by atoms with Gasteiger partial charge in [-0.3, -0.25) is 4.79 Å². The lowest BCUT2D eigenvalue weighted by atomic mass is 9.94. The van der Waals surface area contributed by atoms with Gasteiger partial charge in [0.2, 0.25) is 5.91 Å². The second-order valence-corrected chi connectivity index (χ2v) is 4.84. The fraction of sp³-hybridized carbons (Fsp3) is 0.833. The van der Waals surface area contributed by atoms with Crippen LogP contribution in [0, 0.1) is 11.8 Å². The summed E-state index contributed by atoms with van der Waals surface area (Å²) < 4.78 is 12.3. The molecule has 2 N–H and O–H groups in total. The predicted octanol–water partition coefficient (Wildman–Crippen LogP) is 1.74. The van der Waals surface area contributed by atoms with Gasteiger partial charge in [0.1, 0.15) is 6.67 Å². The van der Waals surface area contributed by atoms with Crippen LogP contribution in [0.1, 0.15) is 39.0 Å². The number of hydrogen-bond donors (Lipinski definition) is 2. The van der Waals surface area contributed by atoms with Gasteiger partial charge in [0, 0.05) is 5.92 Å². The molecular formula is C12H20FNO3. The van der Waals surface area contributed by atoms with Gasteiger partial charge in [0.05, 0.1) is 0 Å². The van der Waals surface area contributed by atoms with Crippen LogP contribution in [0.3, 0.4) is 0 Å². The van der Waals surface area contributed by atoms with Crippen molar-refractivity contribution in [2.24, 2.45) is 11.8 Å². The number of hydrogen-bond acceptors (Lipinski definition) is 2. The molecule has 1 saturated carbocycles. The smallest absolute Gasteiger partial charge is 0.328 e. The summed E-state index contributed by atoms with van der Waals surface area (Å²) in [7, 11) is 0. The van der Waals surface area contributed by atoms with Crippen molar-refractivity contribution in [2.75, 3.05) is 6.67 Å². The van der Waals surface area contributed by atoms with E-state index in [2.05, 4.69) is 5.32 Å². The zero-order valence-electron chi connectivity index (χ0n) is 10.1. The van der Waals surface area contributed by atoms with E-state index in [9.17, 15) is 14.0 Å². The molecular weight excluding hydrogens is 225 g/mol. The van der Waals surface area contributed by atoms with Crippen LogP contribution in [0.5, 0.6) is 0 Å². The van der Waals surface area contributed by atoms with Crippen molar-refractivity contribution in [1.82, 2.24) is 5.32 Å². The van der Waals surface area contributed by atoms with E-state index in [0.29, 0.717) is 5.92 Å². The van der Waals surface area contributed by atoms with Gasteiger partial charge in [-0.15, -0.1) is 0 Å². The van der Waals surface area contributed by atoms with Crippen molar-refractivity contribution in [1.29, 1.82) is 0 Å². The number of halogens is 1. The van der Waals surface area contributed by atoms with Crippen LogP contribution in [-0.2, 0) is 9.59 Å². The van der Waals surface area contributed by atoms with Crippen LogP contribution in [-0.4, -0.2) is 29.7 Å². The molecule has 0 saturated heterocycles. The number of carboxylic acids is 1. The van der Waals surface area contributed by atoms with Crippen molar-refractivity contribution < 1.29 is 19.1 Å². The molecule has 4 nitrogen and oxygen atoms in total. The van der Waals surface area contributed by atoms with Gasteiger partial charge in [-0.2, -0.15) is 0 Å². The summed E-state index contributed by atoms with van der Waals surface area (Å²) in [6.07, 6.45) is 5.47. The van der Waals surface area contributed by atoms with Gasteiger partial charge in [0.15, 0.2) is 6.04 Å². The standard InChI is InChI=1S/C12H20FNO3/c1-8(6-9-4-2-3-5-9)11(15)14-10(7-13)12(16)17/h8-10H,2-7H2,1H3,(H,14,15)(H,16,17).